The second kappa shape index (κ2) is 19.5. The first kappa shape index (κ1) is 36.5. The lowest BCUT2D eigenvalue weighted by Crippen LogP contribution is -2.17. The third-order valence-corrected chi connectivity index (χ3v) is 7.16. The molecule has 2 N–H and O–H groups in total. The maximum atomic E-state index is 12.4. The highest BCUT2D eigenvalue weighted by atomic mass is 16.6. The lowest BCUT2D eigenvalue weighted by molar-refractivity contribution is -0.122. The SMILES string of the molecule is COc1cc(C=NNC(=O)CCCCCCC(=O)NN=Cc2ccc(OC(=O)c3ccccc3)c(OC)c2)ccc1OC(=O)c1ccccc1. The second-order valence-electron chi connectivity index (χ2n) is 10.8. The van der Waals surface area contributed by atoms with Crippen LogP contribution in [0, 0.1) is 0 Å². The van der Waals surface area contributed by atoms with Crippen molar-refractivity contribution in [1.29, 1.82) is 0 Å². The highest BCUT2D eigenvalue weighted by Gasteiger charge is 2.14. The largest absolute Gasteiger partial charge is 0.493 e. The van der Waals surface area contributed by atoms with E-state index in [1.54, 1.807) is 84.9 Å². The van der Waals surface area contributed by atoms with Crippen molar-refractivity contribution < 1.29 is 38.1 Å². The highest BCUT2D eigenvalue weighted by molar-refractivity contribution is 5.92. The van der Waals surface area contributed by atoms with Gasteiger partial charge in [-0.3, -0.25) is 9.59 Å². The highest BCUT2D eigenvalue weighted by Crippen LogP contribution is 2.29. The van der Waals surface area contributed by atoms with Crippen LogP contribution in [0.5, 0.6) is 23.0 Å². The molecule has 0 unspecified atom stereocenters. The Morgan fingerprint density at radius 2 is 0.940 bits per heavy atom. The number of benzene rings is 4. The number of esters is 2. The number of carbonyl (C=O) groups excluding carboxylic acids is 4. The van der Waals surface area contributed by atoms with E-state index in [-0.39, 0.29) is 23.3 Å². The van der Waals surface area contributed by atoms with Crippen molar-refractivity contribution in [3.8, 4) is 23.0 Å². The molecule has 0 bridgehead atoms. The van der Waals surface area contributed by atoms with E-state index in [1.165, 1.54) is 26.6 Å². The molecular weight excluding hydrogens is 640 g/mol. The molecule has 0 atom stereocenters. The summed E-state index contributed by atoms with van der Waals surface area (Å²) in [5.74, 6) is -0.236. The number of ether oxygens (including phenoxy) is 4. The molecule has 0 spiro atoms. The number of carbonyl (C=O) groups is 4. The van der Waals surface area contributed by atoms with Crippen LogP contribution >= 0.6 is 0 Å². The summed E-state index contributed by atoms with van der Waals surface area (Å²) in [4.78, 5) is 49.1. The summed E-state index contributed by atoms with van der Waals surface area (Å²) in [5.41, 5.74) is 7.13. The summed E-state index contributed by atoms with van der Waals surface area (Å²) in [5, 5.41) is 8.00. The monoisotopic (exact) mass is 678 g/mol. The Morgan fingerprint density at radius 1 is 0.540 bits per heavy atom. The molecule has 0 heterocycles. The topological polar surface area (TPSA) is 154 Å². The van der Waals surface area contributed by atoms with Crippen molar-refractivity contribution in [2.75, 3.05) is 14.2 Å². The lowest BCUT2D eigenvalue weighted by Gasteiger charge is -2.10. The zero-order chi connectivity index (χ0) is 35.6. The first-order chi connectivity index (χ1) is 24.4. The van der Waals surface area contributed by atoms with Gasteiger partial charge in [-0.15, -0.1) is 0 Å². The van der Waals surface area contributed by atoms with Gasteiger partial charge in [-0.2, -0.15) is 10.2 Å². The number of hydrazone groups is 2. The zero-order valence-corrected chi connectivity index (χ0v) is 27.8. The molecule has 0 aliphatic heterocycles. The van der Waals surface area contributed by atoms with E-state index in [2.05, 4.69) is 21.1 Å². The van der Waals surface area contributed by atoms with Crippen molar-refractivity contribution in [3.63, 3.8) is 0 Å². The predicted molar refractivity (Wildman–Crippen MR) is 188 cm³/mol. The third-order valence-electron chi connectivity index (χ3n) is 7.16. The average Bonchev–Trinajstić information content (AvgIpc) is 3.14. The van der Waals surface area contributed by atoms with E-state index in [1.807, 2.05) is 12.1 Å². The van der Waals surface area contributed by atoms with Gasteiger partial charge in [0.15, 0.2) is 23.0 Å². The van der Waals surface area contributed by atoms with Crippen LogP contribution in [0.25, 0.3) is 0 Å². The molecule has 4 aromatic carbocycles. The molecule has 0 aliphatic carbocycles. The molecule has 2 amide bonds. The summed E-state index contributed by atoms with van der Waals surface area (Å²) in [6, 6.07) is 27.1. The Kier molecular flexibility index (Phi) is 14.3. The molecule has 0 fully saturated rings. The Morgan fingerprint density at radius 3 is 1.32 bits per heavy atom. The number of nitrogens with one attached hydrogen (secondary N) is 2. The van der Waals surface area contributed by atoms with Crippen LogP contribution < -0.4 is 29.8 Å². The number of unbranched alkanes of at least 4 members (excludes halogenated alkanes) is 3. The standard InChI is InChI=1S/C38H38N4O8/c1-47-33-23-27(19-21-31(33)49-37(45)29-13-7-5-8-14-29)25-39-41-35(43)17-11-3-4-12-18-36(44)42-40-26-28-20-22-32(34(24-28)48-2)50-38(46)30-15-9-6-10-16-30/h5-10,13-16,19-26H,3-4,11-12,17-18H2,1-2H3,(H,41,43)(H,42,44). The van der Waals surface area contributed by atoms with Crippen LogP contribution in [0.15, 0.2) is 107 Å². The van der Waals surface area contributed by atoms with Crippen LogP contribution in [-0.4, -0.2) is 50.4 Å². The number of amides is 2. The fourth-order valence-corrected chi connectivity index (χ4v) is 4.56. The van der Waals surface area contributed by atoms with Crippen molar-refractivity contribution in [3.05, 3.63) is 119 Å². The van der Waals surface area contributed by atoms with E-state index in [9.17, 15) is 19.2 Å². The van der Waals surface area contributed by atoms with Gasteiger partial charge in [-0.1, -0.05) is 49.2 Å². The molecule has 0 aromatic heterocycles. The number of methoxy groups -OCH3 is 2. The van der Waals surface area contributed by atoms with E-state index < -0.39 is 11.9 Å². The molecule has 12 nitrogen and oxygen atoms in total. The third kappa shape index (κ3) is 11.7. The van der Waals surface area contributed by atoms with Gasteiger partial charge in [0.05, 0.1) is 37.8 Å². The second-order valence-corrected chi connectivity index (χ2v) is 10.8. The number of rotatable bonds is 17. The molecule has 258 valence electrons. The average molecular weight is 679 g/mol. The minimum absolute atomic E-state index is 0.229. The van der Waals surface area contributed by atoms with Crippen LogP contribution in [0.3, 0.4) is 0 Å². The van der Waals surface area contributed by atoms with E-state index in [0.29, 0.717) is 59.4 Å². The first-order valence-corrected chi connectivity index (χ1v) is 15.9. The Hall–Kier alpha value is -6.30. The smallest absolute Gasteiger partial charge is 0.343 e. The number of hydrogen-bond acceptors (Lipinski definition) is 10. The van der Waals surface area contributed by atoms with Gasteiger partial charge in [0.1, 0.15) is 0 Å². The summed E-state index contributed by atoms with van der Waals surface area (Å²) >= 11 is 0. The van der Waals surface area contributed by atoms with Crippen LogP contribution in [0.2, 0.25) is 0 Å². The Labute approximate surface area is 290 Å². The maximum Gasteiger partial charge on any atom is 0.343 e. The van der Waals surface area contributed by atoms with Gasteiger partial charge >= 0.3 is 11.9 Å². The summed E-state index contributed by atoms with van der Waals surface area (Å²) < 4.78 is 21.6. The van der Waals surface area contributed by atoms with Gasteiger partial charge < -0.3 is 18.9 Å². The zero-order valence-electron chi connectivity index (χ0n) is 27.8. The fraction of sp³-hybridized carbons (Fsp3) is 0.211. The molecular formula is C38H38N4O8. The van der Waals surface area contributed by atoms with Gasteiger partial charge in [0.2, 0.25) is 11.8 Å². The minimum Gasteiger partial charge on any atom is -0.493 e. The van der Waals surface area contributed by atoms with E-state index in [0.717, 1.165) is 12.8 Å². The van der Waals surface area contributed by atoms with Gasteiger partial charge in [0, 0.05) is 12.8 Å². The normalized spacial score (nSPS) is 10.8. The quantitative estimate of drug-likeness (QED) is 0.0448. The van der Waals surface area contributed by atoms with Crippen molar-refractivity contribution in [1.82, 2.24) is 10.9 Å². The lowest BCUT2D eigenvalue weighted by atomic mass is 10.1. The molecule has 4 rings (SSSR count). The maximum absolute atomic E-state index is 12.4. The van der Waals surface area contributed by atoms with Gasteiger partial charge in [-0.05, 0) is 84.6 Å². The van der Waals surface area contributed by atoms with Crippen LogP contribution in [0.4, 0.5) is 0 Å². The van der Waals surface area contributed by atoms with Crippen molar-refractivity contribution in [2.45, 2.75) is 38.5 Å². The fourth-order valence-electron chi connectivity index (χ4n) is 4.56. The number of hydrogen-bond donors (Lipinski definition) is 2. The molecule has 50 heavy (non-hydrogen) atoms. The molecule has 12 heteroatoms. The Bertz CT molecular complexity index is 1680. The van der Waals surface area contributed by atoms with E-state index in [4.69, 9.17) is 18.9 Å². The van der Waals surface area contributed by atoms with Crippen LogP contribution in [0.1, 0.15) is 70.4 Å². The van der Waals surface area contributed by atoms with Crippen molar-refractivity contribution >= 4 is 36.2 Å². The molecule has 0 saturated carbocycles. The van der Waals surface area contributed by atoms with Gasteiger partial charge in [-0.25, -0.2) is 20.4 Å². The Balaban J connectivity index is 1.09. The van der Waals surface area contributed by atoms with E-state index >= 15 is 0 Å². The minimum atomic E-state index is -0.502. The molecule has 0 aliphatic rings. The molecule has 4 aromatic rings. The first-order valence-electron chi connectivity index (χ1n) is 15.9. The summed E-state index contributed by atoms with van der Waals surface area (Å²) in [6.45, 7) is 0. The van der Waals surface area contributed by atoms with Crippen molar-refractivity contribution in [2.24, 2.45) is 10.2 Å². The summed E-state index contributed by atoms with van der Waals surface area (Å²) in [7, 11) is 2.93. The van der Waals surface area contributed by atoms with Crippen LogP contribution in [-0.2, 0) is 9.59 Å². The summed E-state index contributed by atoms with van der Waals surface area (Å²) in [6.07, 6.45) is 6.37. The molecule has 0 radical (unpaired) electrons. The molecule has 0 saturated heterocycles. The van der Waals surface area contributed by atoms with Gasteiger partial charge in [0.25, 0.3) is 0 Å². The number of nitrogens with zero attached hydrogens (tertiary/aromatic N) is 2. The predicted octanol–water partition coefficient (Wildman–Crippen LogP) is 6.08.